The maximum Gasteiger partial charge on any atom is 0.266 e. The second kappa shape index (κ2) is 5.97. The minimum atomic E-state index is -0.134. The van der Waals surface area contributed by atoms with Crippen LogP contribution in [0.2, 0.25) is 0 Å². The first kappa shape index (κ1) is 11.4. The molecular formula is C8H12IN3O2. The number of unbranched alkanes of at least 4 members (excludes halogenated alkanes) is 1. The molecule has 1 rings (SSSR count). The number of aliphatic hydroxyl groups excluding tert-OH is 1. The van der Waals surface area contributed by atoms with Gasteiger partial charge in [0, 0.05) is 13.2 Å². The average molecular weight is 309 g/mol. The quantitative estimate of drug-likeness (QED) is 0.548. The smallest absolute Gasteiger partial charge is 0.266 e. The van der Waals surface area contributed by atoms with Gasteiger partial charge in [-0.05, 0) is 35.4 Å². The van der Waals surface area contributed by atoms with Gasteiger partial charge in [-0.3, -0.25) is 4.79 Å². The summed E-state index contributed by atoms with van der Waals surface area (Å²) in [4.78, 5) is 17.6. The Kier molecular flexibility index (Phi) is 4.88. The lowest BCUT2D eigenvalue weighted by atomic mass is 10.3. The lowest BCUT2D eigenvalue weighted by molar-refractivity contribution is 0.286. The molecule has 1 aromatic rings. The summed E-state index contributed by atoms with van der Waals surface area (Å²) >= 11 is 1.95. The Balaban J connectivity index is 2.51. The zero-order valence-electron chi connectivity index (χ0n) is 7.59. The normalized spacial score (nSPS) is 10.1. The molecule has 0 aliphatic rings. The lowest BCUT2D eigenvalue weighted by Gasteiger charge is -2.05. The van der Waals surface area contributed by atoms with E-state index in [9.17, 15) is 4.79 Å². The molecule has 0 bridgehead atoms. The third-order valence-corrected chi connectivity index (χ3v) is 2.67. The highest BCUT2D eigenvalue weighted by Gasteiger charge is 2.02. The number of rotatable bonds is 5. The first-order valence-electron chi connectivity index (χ1n) is 4.33. The number of halogens is 1. The Morgan fingerprint density at radius 2 is 2.36 bits per heavy atom. The zero-order chi connectivity index (χ0) is 10.4. The van der Waals surface area contributed by atoms with E-state index in [1.807, 2.05) is 22.6 Å². The Hall–Kier alpha value is -0.630. The number of aliphatic hydroxyl groups is 1. The SMILES string of the molecule is O=c1[nH]cnc(NCCCCO)c1I. The largest absolute Gasteiger partial charge is 0.396 e. The summed E-state index contributed by atoms with van der Waals surface area (Å²) in [6.07, 6.45) is 2.99. The molecule has 0 fully saturated rings. The Morgan fingerprint density at radius 3 is 3.07 bits per heavy atom. The van der Waals surface area contributed by atoms with Crippen LogP contribution >= 0.6 is 22.6 Å². The second-order valence-electron chi connectivity index (χ2n) is 2.75. The molecule has 0 aliphatic carbocycles. The van der Waals surface area contributed by atoms with E-state index < -0.39 is 0 Å². The van der Waals surface area contributed by atoms with Crippen LogP contribution in [0.15, 0.2) is 11.1 Å². The van der Waals surface area contributed by atoms with Crippen LogP contribution in [0.1, 0.15) is 12.8 Å². The molecule has 6 heteroatoms. The van der Waals surface area contributed by atoms with Crippen molar-refractivity contribution in [2.45, 2.75) is 12.8 Å². The van der Waals surface area contributed by atoms with E-state index in [4.69, 9.17) is 5.11 Å². The molecule has 1 heterocycles. The summed E-state index contributed by atoms with van der Waals surface area (Å²) < 4.78 is 0.564. The summed E-state index contributed by atoms with van der Waals surface area (Å²) in [6.45, 7) is 0.911. The fourth-order valence-electron chi connectivity index (χ4n) is 0.950. The average Bonchev–Trinajstić information content (AvgIpc) is 2.19. The van der Waals surface area contributed by atoms with Crippen molar-refractivity contribution in [1.29, 1.82) is 0 Å². The van der Waals surface area contributed by atoms with Gasteiger partial charge in [-0.1, -0.05) is 0 Å². The van der Waals surface area contributed by atoms with Gasteiger partial charge in [-0.25, -0.2) is 4.98 Å². The Bertz CT molecular complexity index is 340. The third-order valence-electron chi connectivity index (χ3n) is 1.67. The molecule has 14 heavy (non-hydrogen) atoms. The molecule has 0 saturated carbocycles. The predicted molar refractivity (Wildman–Crippen MR) is 62.4 cm³/mol. The van der Waals surface area contributed by atoms with Crippen LogP contribution in [0.4, 0.5) is 5.82 Å². The summed E-state index contributed by atoms with van der Waals surface area (Å²) in [7, 11) is 0. The van der Waals surface area contributed by atoms with Gasteiger partial charge in [0.05, 0.1) is 6.33 Å². The minimum absolute atomic E-state index is 0.134. The summed E-state index contributed by atoms with van der Waals surface area (Å²) in [6, 6.07) is 0. The molecule has 0 aromatic carbocycles. The molecule has 0 atom stereocenters. The van der Waals surface area contributed by atoms with Gasteiger partial charge in [-0.2, -0.15) is 0 Å². The standard InChI is InChI=1S/C8H12IN3O2/c9-6-7(10-3-1-2-4-13)11-5-12-8(6)14/h5,13H,1-4H2,(H2,10,11,12,14). The number of H-pyrrole nitrogens is 1. The van der Waals surface area contributed by atoms with Crippen LogP contribution in [-0.4, -0.2) is 28.2 Å². The van der Waals surface area contributed by atoms with Crippen LogP contribution in [0, 0.1) is 3.57 Å². The summed E-state index contributed by atoms with van der Waals surface area (Å²) in [5.41, 5.74) is -0.134. The van der Waals surface area contributed by atoms with Crippen molar-refractivity contribution in [1.82, 2.24) is 9.97 Å². The number of aromatic amines is 1. The summed E-state index contributed by atoms with van der Waals surface area (Å²) in [5, 5.41) is 11.6. The zero-order valence-corrected chi connectivity index (χ0v) is 9.74. The van der Waals surface area contributed by atoms with Crippen LogP contribution in [0.3, 0.4) is 0 Å². The fourth-order valence-corrected chi connectivity index (χ4v) is 1.44. The fraction of sp³-hybridized carbons (Fsp3) is 0.500. The topological polar surface area (TPSA) is 78.0 Å². The van der Waals surface area contributed by atoms with Crippen molar-refractivity contribution in [2.75, 3.05) is 18.5 Å². The highest BCUT2D eigenvalue weighted by atomic mass is 127. The minimum Gasteiger partial charge on any atom is -0.396 e. The van der Waals surface area contributed by atoms with Crippen molar-refractivity contribution in [3.05, 3.63) is 20.3 Å². The van der Waals surface area contributed by atoms with E-state index in [0.717, 1.165) is 12.8 Å². The number of nitrogens with zero attached hydrogens (tertiary/aromatic N) is 1. The third kappa shape index (κ3) is 3.26. The lowest BCUT2D eigenvalue weighted by Crippen LogP contribution is -2.15. The molecule has 0 saturated heterocycles. The van der Waals surface area contributed by atoms with Crippen LogP contribution in [-0.2, 0) is 0 Å². The molecule has 3 N–H and O–H groups in total. The first-order valence-corrected chi connectivity index (χ1v) is 5.41. The number of hydrogen-bond donors (Lipinski definition) is 3. The van der Waals surface area contributed by atoms with Crippen molar-refractivity contribution in [2.24, 2.45) is 0 Å². The van der Waals surface area contributed by atoms with Gasteiger partial charge in [0.25, 0.3) is 5.56 Å². The Morgan fingerprint density at radius 1 is 1.57 bits per heavy atom. The van der Waals surface area contributed by atoms with Crippen LogP contribution in [0.25, 0.3) is 0 Å². The molecule has 0 amide bonds. The molecule has 78 valence electrons. The number of nitrogens with one attached hydrogen (secondary N) is 2. The van der Waals surface area contributed by atoms with E-state index in [-0.39, 0.29) is 12.2 Å². The molecule has 1 aromatic heterocycles. The molecule has 0 radical (unpaired) electrons. The molecular weight excluding hydrogens is 297 g/mol. The maximum absolute atomic E-state index is 11.1. The van der Waals surface area contributed by atoms with Crippen molar-refractivity contribution >= 4 is 28.4 Å². The number of aromatic nitrogens is 2. The number of anilines is 1. The van der Waals surface area contributed by atoms with Crippen molar-refractivity contribution < 1.29 is 5.11 Å². The van der Waals surface area contributed by atoms with E-state index in [1.54, 1.807) is 0 Å². The number of hydrogen-bond acceptors (Lipinski definition) is 4. The molecule has 0 aliphatic heterocycles. The van der Waals surface area contributed by atoms with Crippen molar-refractivity contribution in [3.8, 4) is 0 Å². The van der Waals surface area contributed by atoms with Gasteiger partial charge in [0.1, 0.15) is 9.39 Å². The highest BCUT2D eigenvalue weighted by molar-refractivity contribution is 14.1. The van der Waals surface area contributed by atoms with Gasteiger partial charge in [0.15, 0.2) is 0 Å². The van der Waals surface area contributed by atoms with E-state index in [1.165, 1.54) is 6.33 Å². The van der Waals surface area contributed by atoms with Crippen LogP contribution in [0.5, 0.6) is 0 Å². The highest BCUT2D eigenvalue weighted by Crippen LogP contribution is 2.08. The monoisotopic (exact) mass is 309 g/mol. The van der Waals surface area contributed by atoms with E-state index >= 15 is 0 Å². The van der Waals surface area contributed by atoms with Gasteiger partial charge in [0.2, 0.25) is 0 Å². The Labute approximate surface area is 95.1 Å². The molecule has 0 unspecified atom stereocenters. The van der Waals surface area contributed by atoms with Gasteiger partial charge in [-0.15, -0.1) is 0 Å². The van der Waals surface area contributed by atoms with E-state index in [2.05, 4.69) is 15.3 Å². The van der Waals surface area contributed by atoms with Gasteiger partial charge < -0.3 is 15.4 Å². The maximum atomic E-state index is 11.1. The first-order chi connectivity index (χ1) is 6.75. The molecule has 5 nitrogen and oxygen atoms in total. The van der Waals surface area contributed by atoms with Crippen molar-refractivity contribution in [3.63, 3.8) is 0 Å². The molecule has 0 spiro atoms. The van der Waals surface area contributed by atoms with Gasteiger partial charge >= 0.3 is 0 Å². The van der Waals surface area contributed by atoms with Crippen LogP contribution < -0.4 is 10.9 Å². The predicted octanol–water partition coefficient (Wildman–Crippen LogP) is 0.559. The second-order valence-corrected chi connectivity index (χ2v) is 3.83. The van der Waals surface area contributed by atoms with E-state index in [0.29, 0.717) is 15.9 Å². The summed E-state index contributed by atoms with van der Waals surface area (Å²) in [5.74, 6) is 0.604.